The molecule has 11 aromatic rings. The van der Waals surface area contributed by atoms with Gasteiger partial charge in [-0.1, -0.05) is 109 Å². The minimum Gasteiger partial charge on any atom is -0.335 e. The van der Waals surface area contributed by atoms with Crippen molar-refractivity contribution in [2.75, 3.05) is 19.6 Å². The number of aromatic nitrogens is 3. The molecule has 0 atom stereocenters. The second-order valence-electron chi connectivity index (χ2n) is 18.8. The van der Waals surface area contributed by atoms with Crippen LogP contribution in [-0.2, 0) is 5.54 Å². The molecule has 7 nitrogen and oxygen atoms in total. The van der Waals surface area contributed by atoms with Crippen molar-refractivity contribution >= 4 is 68.5 Å². The first-order valence-electron chi connectivity index (χ1n) is 24.7. The second-order valence-corrected chi connectivity index (χ2v) is 18.8. The van der Waals surface area contributed by atoms with Crippen molar-refractivity contribution in [1.29, 1.82) is 0 Å². The lowest BCUT2D eigenvalue weighted by atomic mass is 10.0. The van der Waals surface area contributed by atoms with E-state index in [1.807, 2.05) is 36.7 Å². The normalized spacial score (nSPS) is 11.2. The van der Waals surface area contributed by atoms with Crippen LogP contribution in [0.3, 0.4) is 0 Å². The van der Waals surface area contributed by atoms with Gasteiger partial charge in [-0.3, -0.25) is 9.80 Å². The van der Waals surface area contributed by atoms with Crippen LogP contribution < -0.4 is 19.6 Å². The molecule has 0 N–H and O–H groups in total. The van der Waals surface area contributed by atoms with Crippen molar-refractivity contribution in [3.05, 3.63) is 279 Å². The zero-order chi connectivity index (χ0) is 49.6. The highest BCUT2D eigenvalue weighted by molar-refractivity contribution is 5.83. The number of benzene rings is 8. The van der Waals surface area contributed by atoms with Crippen LogP contribution in [0.2, 0.25) is 0 Å². The number of hydrogen-bond donors (Lipinski definition) is 0. The highest BCUT2D eigenvalue weighted by Crippen LogP contribution is 2.43. The third-order valence-electron chi connectivity index (χ3n) is 12.9. The van der Waals surface area contributed by atoms with Crippen molar-refractivity contribution in [2.45, 2.75) is 26.3 Å². The molecule has 0 amide bonds. The lowest BCUT2D eigenvalue weighted by molar-refractivity contribution is 0.407. The molecule has 0 saturated heterocycles. The molecule has 0 aliphatic carbocycles. The molecule has 0 aliphatic heterocycles. The molecule has 0 radical (unpaired) electrons. The van der Waals surface area contributed by atoms with Gasteiger partial charge in [0, 0.05) is 86.2 Å². The van der Waals surface area contributed by atoms with Crippen LogP contribution in [0.5, 0.6) is 0 Å². The monoisotopic (exact) mass is 945 g/mol. The predicted octanol–water partition coefficient (Wildman–Crippen LogP) is 18.2. The van der Waals surface area contributed by atoms with Crippen molar-refractivity contribution in [3.8, 4) is 22.5 Å². The highest BCUT2D eigenvalue weighted by atomic mass is 15.2. The minimum absolute atomic E-state index is 0.226. The van der Waals surface area contributed by atoms with E-state index in [0.29, 0.717) is 0 Å². The standard InChI is InChI=1S/C66H55N7/c1-66(2,3)73-62(50-30-34-58(35-31-50)71(64-28-16-18-48-67-64)60-42-38-56(39-43-60)69(52-20-8-4-9-21-52)53-22-10-5-11-23-53)46-47-63(73)51-32-36-59(37-33-51)72(65-29-17-19-49-68-65)61-44-40-57(41-45-61)70(54-24-12-6-13-25-54)55-26-14-7-15-27-55/h4-49H,1-3H3. The van der Waals surface area contributed by atoms with E-state index in [1.54, 1.807) is 0 Å². The molecule has 8 aromatic carbocycles. The minimum atomic E-state index is -0.226. The Balaban J connectivity index is 0.894. The van der Waals surface area contributed by atoms with Gasteiger partial charge in [0.05, 0.1) is 0 Å². The molecular weight excluding hydrogens is 891 g/mol. The van der Waals surface area contributed by atoms with Gasteiger partial charge in [0.1, 0.15) is 11.6 Å². The lowest BCUT2D eigenvalue weighted by Gasteiger charge is -2.29. The van der Waals surface area contributed by atoms with E-state index in [4.69, 9.17) is 9.97 Å². The molecule has 0 aliphatic rings. The first kappa shape index (κ1) is 46.0. The van der Waals surface area contributed by atoms with Gasteiger partial charge >= 0.3 is 0 Å². The molecule has 11 rings (SSSR count). The van der Waals surface area contributed by atoms with E-state index in [2.05, 4.69) is 288 Å². The summed E-state index contributed by atoms with van der Waals surface area (Å²) in [6, 6.07) is 93.7. The Morgan fingerprint density at radius 1 is 0.260 bits per heavy atom. The SMILES string of the molecule is CC(C)(C)n1c(-c2ccc(N(c3ccc(N(c4ccccc4)c4ccccc4)cc3)c3ccccn3)cc2)ccc1-c1ccc(N(c2ccc(N(c3ccccc3)c3ccccc3)cc2)c2ccccn2)cc1. The van der Waals surface area contributed by atoms with Crippen molar-refractivity contribution in [1.82, 2.24) is 14.5 Å². The smallest absolute Gasteiger partial charge is 0.137 e. The molecule has 0 spiro atoms. The van der Waals surface area contributed by atoms with E-state index in [0.717, 1.165) is 91.0 Å². The van der Waals surface area contributed by atoms with Crippen LogP contribution in [0.25, 0.3) is 22.5 Å². The van der Waals surface area contributed by atoms with Crippen LogP contribution in [0.15, 0.2) is 279 Å². The number of hydrogen-bond acceptors (Lipinski definition) is 6. The largest absolute Gasteiger partial charge is 0.335 e. The maximum absolute atomic E-state index is 4.83. The van der Waals surface area contributed by atoms with Crippen molar-refractivity contribution in [3.63, 3.8) is 0 Å². The third kappa shape index (κ3) is 9.72. The molecular formula is C66H55N7. The summed E-state index contributed by atoms with van der Waals surface area (Å²) in [6.07, 6.45) is 3.70. The topological polar surface area (TPSA) is 43.7 Å². The maximum atomic E-state index is 4.83. The zero-order valence-corrected chi connectivity index (χ0v) is 41.2. The van der Waals surface area contributed by atoms with Gasteiger partial charge in [0.25, 0.3) is 0 Å². The Hall–Kier alpha value is -9.46. The molecule has 3 heterocycles. The Morgan fingerprint density at radius 2 is 0.507 bits per heavy atom. The quantitative estimate of drug-likeness (QED) is 0.108. The summed E-state index contributed by atoms with van der Waals surface area (Å²) in [5, 5.41) is 0. The number of pyridine rings is 2. The summed E-state index contributed by atoms with van der Waals surface area (Å²) in [7, 11) is 0. The van der Waals surface area contributed by atoms with Gasteiger partial charge in [-0.15, -0.1) is 0 Å². The van der Waals surface area contributed by atoms with Crippen molar-refractivity contribution in [2.24, 2.45) is 0 Å². The molecule has 7 heteroatoms. The van der Waals surface area contributed by atoms with Crippen molar-refractivity contribution < 1.29 is 0 Å². The summed E-state index contributed by atoms with van der Waals surface area (Å²) in [6.45, 7) is 6.82. The summed E-state index contributed by atoms with van der Waals surface area (Å²) in [5.41, 5.74) is 14.9. The summed E-state index contributed by atoms with van der Waals surface area (Å²) in [4.78, 5) is 18.7. The van der Waals surface area contributed by atoms with Crippen LogP contribution in [0.4, 0.5) is 68.5 Å². The predicted molar refractivity (Wildman–Crippen MR) is 305 cm³/mol. The van der Waals surface area contributed by atoms with Crippen LogP contribution in [0, 0.1) is 0 Å². The maximum Gasteiger partial charge on any atom is 0.137 e. The number of para-hydroxylation sites is 4. The van der Waals surface area contributed by atoms with Gasteiger partial charge in [0.15, 0.2) is 0 Å². The van der Waals surface area contributed by atoms with Gasteiger partial charge in [0.2, 0.25) is 0 Å². The second kappa shape index (κ2) is 20.5. The fourth-order valence-electron chi connectivity index (χ4n) is 9.68. The number of anilines is 12. The molecule has 3 aromatic heterocycles. The average Bonchev–Trinajstić information content (AvgIpc) is 3.91. The Morgan fingerprint density at radius 3 is 0.767 bits per heavy atom. The van der Waals surface area contributed by atoms with Crippen LogP contribution in [0.1, 0.15) is 20.8 Å². The van der Waals surface area contributed by atoms with Gasteiger partial charge in [-0.2, -0.15) is 0 Å². The molecule has 354 valence electrons. The van der Waals surface area contributed by atoms with E-state index in [9.17, 15) is 0 Å². The highest BCUT2D eigenvalue weighted by Gasteiger charge is 2.24. The van der Waals surface area contributed by atoms with Gasteiger partial charge in [-0.05, 0) is 190 Å². The Kier molecular flexibility index (Phi) is 12.9. The Bertz CT molecular complexity index is 3180. The molecule has 73 heavy (non-hydrogen) atoms. The summed E-state index contributed by atoms with van der Waals surface area (Å²) in [5.74, 6) is 1.68. The molecule has 0 unspecified atom stereocenters. The summed E-state index contributed by atoms with van der Waals surface area (Å²) < 4.78 is 2.46. The first-order chi connectivity index (χ1) is 35.9. The number of nitrogens with zero attached hydrogens (tertiary/aromatic N) is 7. The van der Waals surface area contributed by atoms with E-state index < -0.39 is 0 Å². The Labute approximate surface area is 428 Å². The first-order valence-corrected chi connectivity index (χ1v) is 24.7. The zero-order valence-electron chi connectivity index (χ0n) is 41.2. The van der Waals surface area contributed by atoms with Crippen LogP contribution in [-0.4, -0.2) is 14.5 Å². The van der Waals surface area contributed by atoms with Gasteiger partial charge in [-0.25, -0.2) is 9.97 Å². The molecule has 0 bridgehead atoms. The average molecular weight is 946 g/mol. The molecule has 0 saturated carbocycles. The molecule has 0 fully saturated rings. The van der Waals surface area contributed by atoms with E-state index >= 15 is 0 Å². The fraction of sp³-hybridized carbons (Fsp3) is 0.0606. The van der Waals surface area contributed by atoms with E-state index in [1.165, 1.54) is 0 Å². The van der Waals surface area contributed by atoms with Gasteiger partial charge < -0.3 is 14.4 Å². The third-order valence-corrected chi connectivity index (χ3v) is 12.9. The van der Waals surface area contributed by atoms with E-state index in [-0.39, 0.29) is 5.54 Å². The lowest BCUT2D eigenvalue weighted by Crippen LogP contribution is -2.23. The van der Waals surface area contributed by atoms with Crippen LogP contribution >= 0.6 is 0 Å². The summed E-state index contributed by atoms with van der Waals surface area (Å²) >= 11 is 0. The fourth-order valence-corrected chi connectivity index (χ4v) is 9.68. The number of rotatable bonds is 14.